The Morgan fingerprint density at radius 1 is 1.26 bits per heavy atom. The summed E-state index contributed by atoms with van der Waals surface area (Å²) in [6, 6.07) is 6.97. The van der Waals surface area contributed by atoms with Gasteiger partial charge < -0.3 is 16.4 Å². The van der Waals surface area contributed by atoms with Crippen LogP contribution in [0.1, 0.15) is 24.8 Å². The van der Waals surface area contributed by atoms with E-state index in [0.29, 0.717) is 6.54 Å². The number of amides is 2. The van der Waals surface area contributed by atoms with Crippen LogP contribution in [0.2, 0.25) is 0 Å². The lowest BCUT2D eigenvalue weighted by Gasteiger charge is -2.25. The first-order chi connectivity index (χ1) is 9.09. The Balaban J connectivity index is 2.24. The molecule has 102 valence electrons. The molecule has 2 amide bonds. The number of rotatable bonds is 3. The number of nitrogens with zero attached hydrogens (tertiary/aromatic N) is 1. The highest BCUT2D eigenvalue weighted by Gasteiger charge is 2.26. The molecule has 0 radical (unpaired) electrons. The molecule has 1 atom stereocenters. The SMILES string of the molecule is NC(=O)CC(N)C(=O)N1CCCCc2ccccc21. The van der Waals surface area contributed by atoms with Crippen molar-refractivity contribution >= 4 is 17.5 Å². The minimum Gasteiger partial charge on any atom is -0.370 e. The number of para-hydroxylation sites is 1. The van der Waals surface area contributed by atoms with Gasteiger partial charge in [0.05, 0.1) is 12.5 Å². The number of anilines is 1. The highest BCUT2D eigenvalue weighted by molar-refractivity contribution is 5.99. The molecule has 4 N–H and O–H groups in total. The average molecular weight is 261 g/mol. The fraction of sp³-hybridized carbons (Fsp3) is 0.429. The lowest BCUT2D eigenvalue weighted by atomic mass is 10.1. The van der Waals surface area contributed by atoms with Gasteiger partial charge in [0.1, 0.15) is 0 Å². The molecule has 1 aromatic carbocycles. The lowest BCUT2D eigenvalue weighted by molar-refractivity contribution is -0.124. The first kappa shape index (κ1) is 13.5. The summed E-state index contributed by atoms with van der Waals surface area (Å²) in [5, 5.41) is 0. The van der Waals surface area contributed by atoms with Crippen LogP contribution in [0, 0.1) is 0 Å². The number of hydrogen-bond donors (Lipinski definition) is 2. The molecule has 0 saturated heterocycles. The van der Waals surface area contributed by atoms with E-state index in [1.165, 1.54) is 0 Å². The van der Waals surface area contributed by atoms with Gasteiger partial charge in [-0.1, -0.05) is 18.2 Å². The van der Waals surface area contributed by atoms with E-state index in [9.17, 15) is 9.59 Å². The topological polar surface area (TPSA) is 89.4 Å². The predicted octanol–water partition coefficient (Wildman–Crippen LogP) is 0.559. The van der Waals surface area contributed by atoms with Crippen molar-refractivity contribution in [1.82, 2.24) is 0 Å². The number of nitrogens with two attached hydrogens (primary N) is 2. The van der Waals surface area contributed by atoms with E-state index in [0.717, 1.165) is 30.5 Å². The van der Waals surface area contributed by atoms with E-state index >= 15 is 0 Å². The fourth-order valence-corrected chi connectivity index (χ4v) is 2.42. The number of carbonyl (C=O) groups excluding carboxylic acids is 2. The molecule has 5 heteroatoms. The summed E-state index contributed by atoms with van der Waals surface area (Å²) in [6.07, 6.45) is 2.83. The van der Waals surface area contributed by atoms with Crippen LogP contribution in [0.5, 0.6) is 0 Å². The van der Waals surface area contributed by atoms with Crippen molar-refractivity contribution in [2.45, 2.75) is 31.7 Å². The molecule has 1 unspecified atom stereocenters. The number of benzene rings is 1. The number of aryl methyl sites for hydroxylation is 1. The average Bonchev–Trinajstić information content (AvgIpc) is 2.59. The van der Waals surface area contributed by atoms with Gasteiger partial charge in [-0.15, -0.1) is 0 Å². The monoisotopic (exact) mass is 261 g/mol. The van der Waals surface area contributed by atoms with Crippen molar-refractivity contribution < 1.29 is 9.59 Å². The molecule has 5 nitrogen and oxygen atoms in total. The van der Waals surface area contributed by atoms with Crippen LogP contribution in [0.4, 0.5) is 5.69 Å². The minimum absolute atomic E-state index is 0.114. The van der Waals surface area contributed by atoms with E-state index in [2.05, 4.69) is 0 Å². The largest absolute Gasteiger partial charge is 0.370 e. The van der Waals surface area contributed by atoms with Crippen molar-refractivity contribution in [1.29, 1.82) is 0 Å². The molecule has 0 bridgehead atoms. The van der Waals surface area contributed by atoms with Gasteiger partial charge in [0.15, 0.2) is 0 Å². The molecule has 0 aliphatic carbocycles. The maximum absolute atomic E-state index is 12.3. The highest BCUT2D eigenvalue weighted by Crippen LogP contribution is 2.26. The Hall–Kier alpha value is -1.88. The molecular formula is C14H19N3O2. The van der Waals surface area contributed by atoms with Crippen LogP contribution < -0.4 is 16.4 Å². The second kappa shape index (κ2) is 5.84. The van der Waals surface area contributed by atoms with Crippen LogP contribution in [0.25, 0.3) is 0 Å². The Labute approximate surface area is 112 Å². The first-order valence-corrected chi connectivity index (χ1v) is 6.53. The standard InChI is InChI=1S/C14H19N3O2/c15-11(9-13(16)18)14(19)17-8-4-3-6-10-5-1-2-7-12(10)17/h1-2,5,7,11H,3-4,6,8-9,15H2,(H2,16,18). The molecule has 1 aliphatic heterocycles. The highest BCUT2D eigenvalue weighted by atomic mass is 16.2. The molecule has 0 fully saturated rings. The fourth-order valence-electron chi connectivity index (χ4n) is 2.42. The number of fused-ring (bicyclic) bond motifs is 1. The van der Waals surface area contributed by atoms with Crippen molar-refractivity contribution in [2.75, 3.05) is 11.4 Å². The zero-order valence-corrected chi connectivity index (χ0v) is 10.8. The number of carbonyl (C=O) groups is 2. The van der Waals surface area contributed by atoms with Crippen LogP contribution in [-0.4, -0.2) is 24.4 Å². The van der Waals surface area contributed by atoms with Crippen LogP contribution in [0.15, 0.2) is 24.3 Å². The van der Waals surface area contributed by atoms with Crippen molar-refractivity contribution in [3.8, 4) is 0 Å². The van der Waals surface area contributed by atoms with Crippen LogP contribution in [-0.2, 0) is 16.0 Å². The predicted molar refractivity (Wildman–Crippen MR) is 73.5 cm³/mol. The van der Waals surface area contributed by atoms with E-state index in [-0.39, 0.29) is 12.3 Å². The summed E-state index contributed by atoms with van der Waals surface area (Å²) in [6.45, 7) is 0.641. The Morgan fingerprint density at radius 2 is 2.00 bits per heavy atom. The quantitative estimate of drug-likeness (QED) is 0.833. The van der Waals surface area contributed by atoms with Crippen molar-refractivity contribution in [3.05, 3.63) is 29.8 Å². The molecule has 19 heavy (non-hydrogen) atoms. The lowest BCUT2D eigenvalue weighted by Crippen LogP contribution is -2.46. The van der Waals surface area contributed by atoms with E-state index in [1.54, 1.807) is 4.90 Å². The Morgan fingerprint density at radius 3 is 2.74 bits per heavy atom. The van der Waals surface area contributed by atoms with Crippen LogP contribution in [0.3, 0.4) is 0 Å². The van der Waals surface area contributed by atoms with E-state index in [4.69, 9.17) is 11.5 Å². The third kappa shape index (κ3) is 3.12. The van der Waals surface area contributed by atoms with Crippen molar-refractivity contribution in [3.63, 3.8) is 0 Å². The van der Waals surface area contributed by atoms with Gasteiger partial charge in [0.25, 0.3) is 0 Å². The molecule has 1 aromatic rings. The Bertz CT molecular complexity index is 487. The van der Waals surface area contributed by atoms with Crippen molar-refractivity contribution in [2.24, 2.45) is 11.5 Å². The summed E-state index contributed by atoms with van der Waals surface area (Å²) in [7, 11) is 0. The third-order valence-electron chi connectivity index (χ3n) is 3.36. The maximum atomic E-state index is 12.3. The summed E-state index contributed by atoms with van der Waals surface area (Å²) >= 11 is 0. The molecule has 1 heterocycles. The van der Waals surface area contributed by atoms with Crippen LogP contribution >= 0.6 is 0 Å². The van der Waals surface area contributed by atoms with Gasteiger partial charge in [-0.25, -0.2) is 0 Å². The van der Waals surface area contributed by atoms with E-state index < -0.39 is 11.9 Å². The minimum atomic E-state index is -0.858. The summed E-state index contributed by atoms with van der Waals surface area (Å²) < 4.78 is 0. The second-order valence-corrected chi connectivity index (χ2v) is 4.85. The first-order valence-electron chi connectivity index (χ1n) is 6.53. The van der Waals surface area contributed by atoms with Gasteiger partial charge in [-0.2, -0.15) is 0 Å². The van der Waals surface area contributed by atoms with Gasteiger partial charge >= 0.3 is 0 Å². The summed E-state index contributed by atoms with van der Waals surface area (Å²) in [5.74, 6) is -0.780. The zero-order chi connectivity index (χ0) is 13.8. The number of hydrogen-bond acceptors (Lipinski definition) is 3. The smallest absolute Gasteiger partial charge is 0.244 e. The molecule has 0 saturated carbocycles. The molecule has 1 aliphatic rings. The Kier molecular flexibility index (Phi) is 4.16. The van der Waals surface area contributed by atoms with Gasteiger partial charge in [-0.05, 0) is 30.9 Å². The van der Waals surface area contributed by atoms with Gasteiger partial charge in [-0.3, -0.25) is 9.59 Å². The summed E-state index contributed by atoms with van der Waals surface area (Å²) in [4.78, 5) is 24.9. The van der Waals surface area contributed by atoms with Gasteiger partial charge in [0, 0.05) is 12.2 Å². The number of primary amides is 1. The third-order valence-corrected chi connectivity index (χ3v) is 3.36. The maximum Gasteiger partial charge on any atom is 0.244 e. The van der Waals surface area contributed by atoms with E-state index in [1.807, 2.05) is 24.3 Å². The normalized spacial score (nSPS) is 16.4. The summed E-state index contributed by atoms with van der Waals surface area (Å²) in [5.41, 5.74) is 12.9. The molecule has 2 rings (SSSR count). The molecule has 0 spiro atoms. The molecular weight excluding hydrogens is 242 g/mol. The second-order valence-electron chi connectivity index (χ2n) is 4.85. The zero-order valence-electron chi connectivity index (χ0n) is 10.8. The molecule has 0 aromatic heterocycles. The van der Waals surface area contributed by atoms with Gasteiger partial charge in [0.2, 0.25) is 11.8 Å².